The van der Waals surface area contributed by atoms with Gasteiger partial charge in [-0.1, -0.05) is 18.2 Å². The van der Waals surface area contributed by atoms with Crippen molar-refractivity contribution >= 4 is 16.7 Å². The van der Waals surface area contributed by atoms with Gasteiger partial charge in [0.1, 0.15) is 11.3 Å². The maximum Gasteiger partial charge on any atom is 0.416 e. The first kappa shape index (κ1) is 13.4. The van der Waals surface area contributed by atoms with Crippen LogP contribution in [0.4, 0.5) is 19.0 Å². The monoisotopic (exact) mass is 289 g/mol. The van der Waals surface area contributed by atoms with Crippen LogP contribution in [0.3, 0.4) is 0 Å². The smallest absolute Gasteiger partial charge is 0.382 e. The Balaban J connectivity index is 2.06. The number of rotatable bonds is 1. The molecule has 0 aliphatic heterocycles. The Kier molecular flexibility index (Phi) is 3.01. The van der Waals surface area contributed by atoms with Crippen LogP contribution in [0.15, 0.2) is 48.7 Å². The van der Waals surface area contributed by atoms with E-state index in [0.29, 0.717) is 22.6 Å². The second kappa shape index (κ2) is 4.73. The van der Waals surface area contributed by atoms with Crippen LogP contribution in [0.1, 0.15) is 5.56 Å². The minimum Gasteiger partial charge on any atom is -0.382 e. The third-order valence-electron chi connectivity index (χ3n) is 3.14. The number of hydrogen-bond donors (Lipinski definition) is 1. The number of nitrogen functional groups attached to an aromatic ring is 1. The van der Waals surface area contributed by atoms with Crippen molar-refractivity contribution in [3.63, 3.8) is 0 Å². The summed E-state index contributed by atoms with van der Waals surface area (Å²) in [5, 5.41) is 0.832. The van der Waals surface area contributed by atoms with Gasteiger partial charge in [0, 0.05) is 17.1 Å². The molecule has 3 nitrogen and oxygen atoms in total. The molecule has 0 radical (unpaired) electrons. The number of hydrogen-bond acceptors (Lipinski definition) is 3. The maximum atomic E-state index is 12.5. The summed E-state index contributed by atoms with van der Waals surface area (Å²) in [7, 11) is 0. The summed E-state index contributed by atoms with van der Waals surface area (Å²) in [6, 6.07) is 10.2. The van der Waals surface area contributed by atoms with Gasteiger partial charge >= 0.3 is 6.18 Å². The van der Waals surface area contributed by atoms with Crippen molar-refractivity contribution in [3.05, 3.63) is 54.2 Å². The molecule has 2 aromatic heterocycles. The van der Waals surface area contributed by atoms with Crippen molar-refractivity contribution in [1.29, 1.82) is 0 Å². The first-order valence-corrected chi connectivity index (χ1v) is 6.14. The lowest BCUT2D eigenvalue weighted by Gasteiger charge is -2.08. The fourth-order valence-corrected chi connectivity index (χ4v) is 2.06. The number of fused-ring (bicyclic) bond motifs is 1. The van der Waals surface area contributed by atoms with Gasteiger partial charge in [-0.25, -0.2) is 9.97 Å². The lowest BCUT2D eigenvalue weighted by molar-refractivity contribution is -0.137. The molecule has 21 heavy (non-hydrogen) atoms. The molecular formula is C15H10F3N3. The van der Waals surface area contributed by atoms with E-state index in [-0.39, 0.29) is 0 Å². The van der Waals surface area contributed by atoms with Crippen molar-refractivity contribution in [2.24, 2.45) is 0 Å². The average molecular weight is 289 g/mol. The number of pyridine rings is 2. The Morgan fingerprint density at radius 2 is 1.62 bits per heavy atom. The van der Waals surface area contributed by atoms with Gasteiger partial charge in [0.15, 0.2) is 0 Å². The Morgan fingerprint density at radius 1 is 0.905 bits per heavy atom. The largest absolute Gasteiger partial charge is 0.416 e. The molecule has 0 spiro atoms. The van der Waals surface area contributed by atoms with E-state index in [1.165, 1.54) is 12.1 Å². The SMILES string of the molecule is Nc1nccc2ccc(-c3ccc(C(F)(F)F)cc3)nc12. The normalized spacial score (nSPS) is 11.8. The molecule has 2 heterocycles. The predicted molar refractivity (Wildman–Crippen MR) is 74.4 cm³/mol. The Hall–Kier alpha value is -2.63. The van der Waals surface area contributed by atoms with Crippen LogP contribution in [0.5, 0.6) is 0 Å². The molecule has 0 aliphatic carbocycles. The summed E-state index contributed by atoms with van der Waals surface area (Å²) in [6.07, 6.45) is -2.76. The third-order valence-corrected chi connectivity index (χ3v) is 3.14. The van der Waals surface area contributed by atoms with Gasteiger partial charge in [-0.2, -0.15) is 13.2 Å². The molecule has 3 aromatic rings. The molecule has 106 valence electrons. The van der Waals surface area contributed by atoms with Crippen LogP contribution in [-0.4, -0.2) is 9.97 Å². The topological polar surface area (TPSA) is 51.8 Å². The molecule has 0 bridgehead atoms. The predicted octanol–water partition coefficient (Wildman–Crippen LogP) is 3.90. The van der Waals surface area contributed by atoms with E-state index in [2.05, 4.69) is 9.97 Å². The fourth-order valence-electron chi connectivity index (χ4n) is 2.06. The Labute approximate surface area is 118 Å². The van der Waals surface area contributed by atoms with E-state index in [9.17, 15) is 13.2 Å². The maximum absolute atomic E-state index is 12.5. The molecule has 0 saturated heterocycles. The van der Waals surface area contributed by atoms with Gasteiger partial charge in [-0.05, 0) is 24.3 Å². The minimum atomic E-state index is -4.34. The van der Waals surface area contributed by atoms with E-state index in [1.54, 1.807) is 18.3 Å². The van der Waals surface area contributed by atoms with Crippen LogP contribution in [0.25, 0.3) is 22.2 Å². The molecule has 0 saturated carbocycles. The van der Waals surface area contributed by atoms with Crippen LogP contribution >= 0.6 is 0 Å². The summed E-state index contributed by atoms with van der Waals surface area (Å²) in [6.45, 7) is 0. The zero-order valence-electron chi connectivity index (χ0n) is 10.7. The molecule has 3 rings (SSSR count). The van der Waals surface area contributed by atoms with E-state index in [4.69, 9.17) is 5.73 Å². The summed E-state index contributed by atoms with van der Waals surface area (Å²) < 4.78 is 37.6. The highest BCUT2D eigenvalue weighted by Crippen LogP contribution is 2.31. The van der Waals surface area contributed by atoms with Crippen molar-refractivity contribution in [1.82, 2.24) is 9.97 Å². The molecule has 2 N–H and O–H groups in total. The van der Waals surface area contributed by atoms with Gasteiger partial charge in [0.25, 0.3) is 0 Å². The Morgan fingerprint density at radius 3 is 2.29 bits per heavy atom. The van der Waals surface area contributed by atoms with Gasteiger partial charge in [0.2, 0.25) is 0 Å². The van der Waals surface area contributed by atoms with Gasteiger partial charge < -0.3 is 5.73 Å². The molecule has 0 aliphatic rings. The number of aromatic nitrogens is 2. The molecule has 1 aromatic carbocycles. The van der Waals surface area contributed by atoms with Gasteiger partial charge in [0.05, 0.1) is 11.3 Å². The standard InChI is InChI=1S/C15H10F3N3/c16-15(17,18)11-4-1-9(2-5-11)12-6-3-10-7-8-20-14(19)13(10)21-12/h1-8H,(H2,19,20). The van der Waals surface area contributed by atoms with E-state index >= 15 is 0 Å². The number of anilines is 1. The number of alkyl halides is 3. The van der Waals surface area contributed by atoms with E-state index in [0.717, 1.165) is 17.5 Å². The first-order chi connectivity index (χ1) is 9.95. The van der Waals surface area contributed by atoms with Crippen LogP contribution in [-0.2, 0) is 6.18 Å². The molecule has 0 fully saturated rings. The summed E-state index contributed by atoms with van der Waals surface area (Å²) in [4.78, 5) is 8.32. The molecule has 0 amide bonds. The first-order valence-electron chi connectivity index (χ1n) is 6.14. The minimum absolute atomic E-state index is 0.293. The molecular weight excluding hydrogens is 279 g/mol. The number of nitrogens with zero attached hydrogens (tertiary/aromatic N) is 2. The van der Waals surface area contributed by atoms with Crippen molar-refractivity contribution in [2.75, 3.05) is 5.73 Å². The zero-order chi connectivity index (χ0) is 15.0. The second-order valence-electron chi connectivity index (χ2n) is 4.54. The average Bonchev–Trinajstić information content (AvgIpc) is 2.47. The van der Waals surface area contributed by atoms with Crippen molar-refractivity contribution in [2.45, 2.75) is 6.18 Å². The fraction of sp³-hybridized carbons (Fsp3) is 0.0667. The molecule has 0 unspecified atom stereocenters. The lowest BCUT2D eigenvalue weighted by Crippen LogP contribution is -2.04. The molecule has 6 heteroatoms. The highest BCUT2D eigenvalue weighted by Gasteiger charge is 2.29. The second-order valence-corrected chi connectivity index (χ2v) is 4.54. The number of benzene rings is 1. The lowest BCUT2D eigenvalue weighted by atomic mass is 10.1. The summed E-state index contributed by atoms with van der Waals surface area (Å²) in [5.41, 5.74) is 6.75. The van der Waals surface area contributed by atoms with E-state index < -0.39 is 11.7 Å². The van der Waals surface area contributed by atoms with Crippen LogP contribution < -0.4 is 5.73 Å². The molecule has 0 atom stereocenters. The van der Waals surface area contributed by atoms with Gasteiger partial charge in [-0.15, -0.1) is 0 Å². The van der Waals surface area contributed by atoms with E-state index in [1.807, 2.05) is 6.07 Å². The summed E-state index contributed by atoms with van der Waals surface area (Å²) in [5.74, 6) is 0.293. The highest BCUT2D eigenvalue weighted by atomic mass is 19.4. The van der Waals surface area contributed by atoms with Crippen LogP contribution in [0.2, 0.25) is 0 Å². The number of halogens is 3. The quantitative estimate of drug-likeness (QED) is 0.739. The van der Waals surface area contributed by atoms with Gasteiger partial charge in [-0.3, -0.25) is 0 Å². The summed E-state index contributed by atoms with van der Waals surface area (Å²) >= 11 is 0. The van der Waals surface area contributed by atoms with Crippen molar-refractivity contribution in [3.8, 4) is 11.3 Å². The highest BCUT2D eigenvalue weighted by molar-refractivity contribution is 5.88. The zero-order valence-corrected chi connectivity index (χ0v) is 10.7. The van der Waals surface area contributed by atoms with Crippen molar-refractivity contribution < 1.29 is 13.2 Å². The Bertz CT molecular complexity index is 795. The van der Waals surface area contributed by atoms with Crippen LogP contribution in [0, 0.1) is 0 Å². The number of nitrogens with two attached hydrogens (primary N) is 1. The third kappa shape index (κ3) is 2.52.